The van der Waals surface area contributed by atoms with E-state index in [1.807, 2.05) is 0 Å². The summed E-state index contributed by atoms with van der Waals surface area (Å²) < 4.78 is 0. The Balaban J connectivity index is 0. The summed E-state index contributed by atoms with van der Waals surface area (Å²) in [5, 5.41) is 0. The molecule has 0 aromatic carbocycles. The van der Waals surface area contributed by atoms with E-state index in [2.05, 4.69) is 0 Å². The van der Waals surface area contributed by atoms with E-state index in [4.69, 9.17) is 0 Å². The van der Waals surface area contributed by atoms with Crippen molar-refractivity contribution in [3.63, 3.8) is 0 Å². The Morgan fingerprint density at radius 2 is 1.00 bits per heavy atom. The SMILES string of the molecule is Br.S.[H-].[H-].[Li+].[Li+]. The van der Waals surface area contributed by atoms with Crippen LogP contribution in [0.5, 0.6) is 0 Å². The molecule has 4 heavy (non-hydrogen) atoms. The van der Waals surface area contributed by atoms with E-state index in [-0.39, 0.29) is 71.1 Å². The first-order valence-electron chi connectivity index (χ1n) is 0. The average Bonchev–Trinajstić information content (AvgIpc) is 0. The normalized spacial score (nSPS) is 0. The van der Waals surface area contributed by atoms with Gasteiger partial charge in [-0.1, -0.05) is 0 Å². The monoisotopic (exact) mass is 130 g/mol. The fraction of sp³-hybridized carbons (Fsp3) is 0. The van der Waals surface area contributed by atoms with E-state index in [9.17, 15) is 0 Å². The quantitative estimate of drug-likeness (QED) is 0.288. The molecule has 4 heteroatoms. The second-order valence-electron chi connectivity index (χ2n) is 0. The predicted molar refractivity (Wildman–Crippen MR) is 22.9 cm³/mol. The fourth-order valence-corrected chi connectivity index (χ4v) is 0. The van der Waals surface area contributed by atoms with Crippen molar-refractivity contribution in [1.29, 1.82) is 0 Å². The molecule has 0 aromatic rings. The van der Waals surface area contributed by atoms with E-state index in [1.165, 1.54) is 0 Å². The number of hydrogen-bond donors (Lipinski definition) is 0. The molecule has 0 rings (SSSR count). The van der Waals surface area contributed by atoms with Crippen molar-refractivity contribution in [1.82, 2.24) is 0 Å². The van der Waals surface area contributed by atoms with Crippen LogP contribution in [0.3, 0.4) is 0 Å². The van der Waals surface area contributed by atoms with Crippen LogP contribution in [0.1, 0.15) is 2.85 Å². The maximum Gasteiger partial charge on any atom is 1.00 e. The van der Waals surface area contributed by atoms with Gasteiger partial charge < -0.3 is 2.85 Å². The van der Waals surface area contributed by atoms with Gasteiger partial charge in [-0.3, -0.25) is 0 Å². The van der Waals surface area contributed by atoms with E-state index in [0.717, 1.165) is 0 Å². The molecule has 0 aliphatic carbocycles. The molecule has 0 fully saturated rings. The summed E-state index contributed by atoms with van der Waals surface area (Å²) in [6.45, 7) is 0. The van der Waals surface area contributed by atoms with Crippen molar-refractivity contribution in [2.24, 2.45) is 0 Å². The minimum absolute atomic E-state index is 0. The standard InChI is InChI=1S/BrH.2Li.H2S.2H/h1H;;;1H2;;/q;2*+1;;2*-1. The van der Waals surface area contributed by atoms with Gasteiger partial charge in [0, 0.05) is 0 Å². The molecule has 20 valence electrons. The minimum Gasteiger partial charge on any atom is -1.00 e. The van der Waals surface area contributed by atoms with E-state index in [0.29, 0.717) is 0 Å². The molecule has 0 aromatic heterocycles. The fourth-order valence-electron chi connectivity index (χ4n) is 0. The first-order chi connectivity index (χ1) is 0. The summed E-state index contributed by atoms with van der Waals surface area (Å²) in [6, 6.07) is 0. The maximum atomic E-state index is 0. The number of halogens is 1. The van der Waals surface area contributed by atoms with Crippen LogP contribution in [0.25, 0.3) is 0 Å². The zero-order valence-corrected chi connectivity index (χ0v) is 5.62. The summed E-state index contributed by atoms with van der Waals surface area (Å²) in [6.07, 6.45) is 0. The second-order valence-corrected chi connectivity index (χ2v) is 0. The van der Waals surface area contributed by atoms with E-state index >= 15 is 0 Å². The smallest absolute Gasteiger partial charge is 1.00 e. The van der Waals surface area contributed by atoms with Crippen molar-refractivity contribution in [2.75, 3.05) is 0 Å². The molecule has 0 saturated carbocycles. The summed E-state index contributed by atoms with van der Waals surface area (Å²) in [7, 11) is 0. The van der Waals surface area contributed by atoms with Gasteiger partial charge in [0.1, 0.15) is 0 Å². The molecular formula is H5BrLi2S. The molecule has 0 aliphatic rings. The zero-order chi connectivity index (χ0) is 0. The molecule has 0 spiro atoms. The van der Waals surface area contributed by atoms with Gasteiger partial charge in [0.2, 0.25) is 0 Å². The first kappa shape index (κ1) is 37.1. The minimum atomic E-state index is 0. The van der Waals surface area contributed by atoms with E-state index in [1.54, 1.807) is 0 Å². The van der Waals surface area contributed by atoms with Gasteiger partial charge in [-0.2, -0.15) is 13.5 Å². The van der Waals surface area contributed by atoms with Crippen LogP contribution in [-0.2, 0) is 0 Å². The Morgan fingerprint density at radius 1 is 1.00 bits per heavy atom. The Bertz CT molecular complexity index is 11.5. The van der Waals surface area contributed by atoms with Crippen LogP contribution in [0.4, 0.5) is 0 Å². The summed E-state index contributed by atoms with van der Waals surface area (Å²) in [4.78, 5) is 0. The Labute approximate surface area is 70.6 Å². The van der Waals surface area contributed by atoms with Crippen molar-refractivity contribution in [2.45, 2.75) is 0 Å². The third-order valence-corrected chi connectivity index (χ3v) is 0. The first-order valence-corrected chi connectivity index (χ1v) is 0. The molecule has 0 unspecified atom stereocenters. The molecule has 0 heterocycles. The second kappa shape index (κ2) is 19.9. The summed E-state index contributed by atoms with van der Waals surface area (Å²) in [5.41, 5.74) is 0. The molecule has 0 amide bonds. The largest absolute Gasteiger partial charge is 1.00 e. The van der Waals surface area contributed by atoms with Gasteiger partial charge in [-0.15, -0.1) is 17.0 Å². The third-order valence-electron chi connectivity index (χ3n) is 0. The zero-order valence-electron chi connectivity index (χ0n) is 4.91. The predicted octanol–water partition coefficient (Wildman–Crippen LogP) is -5.08. The Hall–Kier alpha value is 2.02. The van der Waals surface area contributed by atoms with E-state index < -0.39 is 0 Å². The van der Waals surface area contributed by atoms with Crippen molar-refractivity contribution in [3.05, 3.63) is 0 Å². The number of rotatable bonds is 0. The van der Waals surface area contributed by atoms with Gasteiger partial charge in [-0.05, 0) is 0 Å². The van der Waals surface area contributed by atoms with Crippen LogP contribution in [-0.4, -0.2) is 0 Å². The molecule has 0 bridgehead atoms. The average molecular weight is 131 g/mol. The molecule has 0 aliphatic heterocycles. The number of hydrogen-bond acceptors (Lipinski definition) is 0. The van der Waals surface area contributed by atoms with Gasteiger partial charge in [0.05, 0.1) is 0 Å². The maximum absolute atomic E-state index is 0. The van der Waals surface area contributed by atoms with Crippen molar-refractivity contribution < 1.29 is 40.6 Å². The van der Waals surface area contributed by atoms with Crippen molar-refractivity contribution >= 4 is 30.5 Å². The Kier molecular flexibility index (Phi) is 184. The molecule has 0 radical (unpaired) electrons. The molecular weight excluding hydrogens is 126 g/mol. The topological polar surface area (TPSA) is 0 Å². The molecule has 0 saturated heterocycles. The van der Waals surface area contributed by atoms with Gasteiger partial charge in [-0.25, -0.2) is 0 Å². The van der Waals surface area contributed by atoms with Crippen LogP contribution in [0.15, 0.2) is 0 Å². The third kappa shape index (κ3) is 8.98. The molecule has 0 N–H and O–H groups in total. The van der Waals surface area contributed by atoms with Crippen LogP contribution in [0.2, 0.25) is 0 Å². The van der Waals surface area contributed by atoms with Gasteiger partial charge >= 0.3 is 37.7 Å². The van der Waals surface area contributed by atoms with Crippen LogP contribution >= 0.6 is 30.5 Å². The summed E-state index contributed by atoms with van der Waals surface area (Å²) in [5.74, 6) is 0. The van der Waals surface area contributed by atoms with Gasteiger partial charge in [0.15, 0.2) is 0 Å². The van der Waals surface area contributed by atoms with Crippen LogP contribution < -0.4 is 37.7 Å². The van der Waals surface area contributed by atoms with Crippen LogP contribution in [0, 0.1) is 0 Å². The molecule has 0 nitrogen and oxygen atoms in total. The summed E-state index contributed by atoms with van der Waals surface area (Å²) >= 11 is 0. The molecule has 0 atom stereocenters. The Morgan fingerprint density at radius 3 is 1.00 bits per heavy atom. The van der Waals surface area contributed by atoms with Gasteiger partial charge in [0.25, 0.3) is 0 Å². The van der Waals surface area contributed by atoms with Crippen molar-refractivity contribution in [3.8, 4) is 0 Å².